The summed E-state index contributed by atoms with van der Waals surface area (Å²) in [5, 5.41) is 7.00. The number of halogens is 1. The minimum absolute atomic E-state index is 0.0137. The number of para-hydroxylation sites is 1. The zero-order chi connectivity index (χ0) is 32.3. The lowest BCUT2D eigenvalue weighted by Crippen LogP contribution is -2.50. The number of carbonyl (C=O) groups excluding carboxylic acids is 1. The van der Waals surface area contributed by atoms with Gasteiger partial charge in [-0.15, -0.1) is 0 Å². The number of hydrogen-bond acceptors (Lipinski definition) is 8. The summed E-state index contributed by atoms with van der Waals surface area (Å²) < 4.78 is 42.9. The number of rotatable bonds is 10. The Hall–Kier alpha value is -3.97. The molecule has 0 bridgehead atoms. The van der Waals surface area contributed by atoms with E-state index in [-0.39, 0.29) is 35.6 Å². The molecule has 0 aliphatic carbocycles. The number of hydrogen-bond donors (Lipinski definition) is 2. The van der Waals surface area contributed by atoms with Crippen LogP contribution in [0.4, 0.5) is 15.9 Å². The van der Waals surface area contributed by atoms with Gasteiger partial charge in [0.1, 0.15) is 22.9 Å². The molecule has 0 unspecified atom stereocenters. The van der Waals surface area contributed by atoms with Gasteiger partial charge in [0.2, 0.25) is 15.9 Å². The summed E-state index contributed by atoms with van der Waals surface area (Å²) in [6, 6.07) is 17.0. The van der Waals surface area contributed by atoms with E-state index in [1.54, 1.807) is 13.3 Å². The van der Waals surface area contributed by atoms with Crippen molar-refractivity contribution in [2.24, 2.45) is 0 Å². The van der Waals surface area contributed by atoms with Gasteiger partial charge in [0.25, 0.3) is 0 Å². The molecule has 0 saturated carbocycles. The van der Waals surface area contributed by atoms with Crippen molar-refractivity contribution in [1.82, 2.24) is 24.1 Å². The molecule has 0 spiro atoms. The summed E-state index contributed by atoms with van der Waals surface area (Å²) in [5.41, 5.74) is 4.97. The Labute approximate surface area is 264 Å². The second-order valence-corrected chi connectivity index (χ2v) is 13.8. The number of nitrogens with zero attached hydrogens (tertiary/aromatic N) is 5. The summed E-state index contributed by atoms with van der Waals surface area (Å²) in [6.07, 6.45) is 1.58. The Balaban J connectivity index is 1.24. The van der Waals surface area contributed by atoms with Crippen molar-refractivity contribution in [2.45, 2.75) is 38.3 Å². The molecule has 45 heavy (non-hydrogen) atoms. The molecule has 2 N–H and O–H groups in total. The Bertz CT molecular complexity index is 1810. The predicted octanol–water partition coefficient (Wildman–Crippen LogP) is 4.57. The first kappa shape index (κ1) is 32.4. The molecule has 12 heteroatoms. The molecule has 0 radical (unpaired) electrons. The molecule has 1 fully saturated rings. The van der Waals surface area contributed by atoms with Crippen LogP contribution in [0.15, 0.2) is 65.8 Å². The van der Waals surface area contributed by atoms with Crippen molar-refractivity contribution in [2.75, 3.05) is 57.5 Å². The molecule has 2 heterocycles. The first-order chi connectivity index (χ1) is 21.4. The topological polar surface area (TPSA) is 111 Å². The number of aryl methyl sites for hydroxylation is 1. The number of amides is 1. The quantitative estimate of drug-likeness (QED) is 0.261. The molecule has 238 valence electrons. The van der Waals surface area contributed by atoms with Gasteiger partial charge >= 0.3 is 0 Å². The fourth-order valence-electron chi connectivity index (χ4n) is 5.77. The zero-order valence-electron chi connectivity index (χ0n) is 26.3. The van der Waals surface area contributed by atoms with Gasteiger partial charge in [-0.25, -0.2) is 22.8 Å². The molecular weight excluding hydrogens is 593 g/mol. The normalized spacial score (nSPS) is 15.4. The van der Waals surface area contributed by atoms with Gasteiger partial charge in [-0.1, -0.05) is 30.3 Å². The third-order valence-corrected chi connectivity index (χ3v) is 9.77. The average molecular weight is 634 g/mol. The standard InChI is InChI=1S/C33H40FN7O3S/c1-22-16-31(29(34)18-30(22)38-24(3)42)45(43,44)41-14-12-40(13-15-41)19-23(2)37-33-28-11-7-10-27(32(28)35-21-36-33)26-9-6-8-25(17-26)20-39(4)5/h6-11,16-18,21,23H,12-15,19-20H2,1-5H3,(H,38,42)(H,35,36,37)/t23-/m0/s1. The Morgan fingerprint density at radius 3 is 2.49 bits per heavy atom. The van der Waals surface area contributed by atoms with Crippen molar-refractivity contribution >= 4 is 38.3 Å². The van der Waals surface area contributed by atoms with Crippen molar-refractivity contribution in [1.29, 1.82) is 0 Å². The number of sulfonamides is 1. The number of carbonyl (C=O) groups is 1. The minimum Gasteiger partial charge on any atom is -0.366 e. The summed E-state index contributed by atoms with van der Waals surface area (Å²) in [5.74, 6) is -0.494. The minimum atomic E-state index is -4.04. The van der Waals surface area contributed by atoms with Gasteiger partial charge in [0, 0.05) is 68.9 Å². The Morgan fingerprint density at radius 1 is 1.04 bits per heavy atom. The molecule has 5 rings (SSSR count). The smallest absolute Gasteiger partial charge is 0.246 e. The summed E-state index contributed by atoms with van der Waals surface area (Å²) in [7, 11) is 0.0693. The molecular formula is C33H40FN7O3S. The number of aromatic nitrogens is 2. The van der Waals surface area contributed by atoms with E-state index in [0.29, 0.717) is 25.2 Å². The second-order valence-electron chi connectivity index (χ2n) is 11.9. The number of fused-ring (bicyclic) bond motifs is 1. The second kappa shape index (κ2) is 13.6. The highest BCUT2D eigenvalue weighted by Gasteiger charge is 2.31. The molecule has 1 amide bonds. The van der Waals surface area contributed by atoms with E-state index in [9.17, 15) is 17.6 Å². The van der Waals surface area contributed by atoms with Crippen molar-refractivity contribution in [3.8, 4) is 11.1 Å². The van der Waals surface area contributed by atoms with Gasteiger partial charge in [-0.2, -0.15) is 4.31 Å². The van der Waals surface area contributed by atoms with E-state index in [2.05, 4.69) is 81.8 Å². The summed E-state index contributed by atoms with van der Waals surface area (Å²) >= 11 is 0. The van der Waals surface area contributed by atoms with Gasteiger partial charge in [-0.05, 0) is 68.9 Å². The Kier molecular flexibility index (Phi) is 9.78. The van der Waals surface area contributed by atoms with Crippen LogP contribution in [0, 0.1) is 12.7 Å². The first-order valence-electron chi connectivity index (χ1n) is 15.0. The van der Waals surface area contributed by atoms with Crippen LogP contribution in [0.3, 0.4) is 0 Å². The number of benzene rings is 3. The van der Waals surface area contributed by atoms with Crippen molar-refractivity contribution in [3.05, 3.63) is 77.9 Å². The number of nitrogens with one attached hydrogen (secondary N) is 2. The van der Waals surface area contributed by atoms with E-state index < -0.39 is 15.8 Å². The molecule has 10 nitrogen and oxygen atoms in total. The van der Waals surface area contributed by atoms with E-state index in [1.165, 1.54) is 22.9 Å². The van der Waals surface area contributed by atoms with E-state index in [0.717, 1.165) is 40.5 Å². The van der Waals surface area contributed by atoms with Gasteiger partial charge in [-0.3, -0.25) is 9.69 Å². The zero-order valence-corrected chi connectivity index (χ0v) is 27.2. The highest BCUT2D eigenvalue weighted by Crippen LogP contribution is 2.31. The van der Waals surface area contributed by atoms with Crippen LogP contribution in [0.2, 0.25) is 0 Å². The van der Waals surface area contributed by atoms with Crippen LogP contribution >= 0.6 is 0 Å². The first-order valence-corrected chi connectivity index (χ1v) is 16.4. The molecule has 3 aromatic carbocycles. The fraction of sp³-hybridized carbons (Fsp3) is 0.364. The lowest BCUT2D eigenvalue weighted by molar-refractivity contribution is -0.114. The lowest BCUT2D eigenvalue weighted by atomic mass is 10.00. The predicted molar refractivity (Wildman–Crippen MR) is 176 cm³/mol. The van der Waals surface area contributed by atoms with Crippen LogP contribution < -0.4 is 10.6 Å². The van der Waals surface area contributed by atoms with Crippen LogP contribution in [-0.2, 0) is 21.4 Å². The molecule has 1 atom stereocenters. The maximum absolute atomic E-state index is 14.9. The molecule has 4 aromatic rings. The SMILES string of the molecule is CC(=O)Nc1cc(F)c(S(=O)(=O)N2CCN(C[C@H](C)Nc3ncnc4c(-c5cccc(CN(C)C)c5)cccc34)CC2)cc1C. The van der Waals surface area contributed by atoms with E-state index in [4.69, 9.17) is 0 Å². The van der Waals surface area contributed by atoms with E-state index >= 15 is 0 Å². The highest BCUT2D eigenvalue weighted by atomic mass is 32.2. The molecule has 1 saturated heterocycles. The molecule has 1 aliphatic rings. The van der Waals surface area contributed by atoms with Crippen LogP contribution in [0.1, 0.15) is 25.0 Å². The van der Waals surface area contributed by atoms with Gasteiger partial charge in [0.05, 0.1) is 5.52 Å². The number of anilines is 2. The van der Waals surface area contributed by atoms with Crippen LogP contribution in [0.25, 0.3) is 22.0 Å². The average Bonchev–Trinajstić information content (AvgIpc) is 2.98. The lowest BCUT2D eigenvalue weighted by Gasteiger charge is -2.35. The maximum atomic E-state index is 14.9. The maximum Gasteiger partial charge on any atom is 0.246 e. The van der Waals surface area contributed by atoms with Crippen LogP contribution in [0.5, 0.6) is 0 Å². The van der Waals surface area contributed by atoms with Crippen molar-refractivity contribution in [3.63, 3.8) is 0 Å². The molecule has 1 aromatic heterocycles. The van der Waals surface area contributed by atoms with Crippen molar-refractivity contribution < 1.29 is 17.6 Å². The fourth-order valence-corrected chi connectivity index (χ4v) is 7.33. The van der Waals surface area contributed by atoms with Crippen LogP contribution in [-0.4, -0.2) is 91.3 Å². The van der Waals surface area contributed by atoms with Gasteiger partial charge in [0.15, 0.2) is 0 Å². The third kappa shape index (κ3) is 7.47. The Morgan fingerprint density at radius 2 is 1.78 bits per heavy atom. The highest BCUT2D eigenvalue weighted by molar-refractivity contribution is 7.89. The third-order valence-electron chi connectivity index (χ3n) is 7.86. The summed E-state index contributed by atoms with van der Waals surface area (Å²) in [4.78, 5) is 24.5. The summed E-state index contributed by atoms with van der Waals surface area (Å²) in [6.45, 7) is 8.05. The van der Waals surface area contributed by atoms with E-state index in [1.807, 2.05) is 12.1 Å². The largest absolute Gasteiger partial charge is 0.366 e. The monoisotopic (exact) mass is 633 g/mol. The number of piperazine rings is 1. The molecule has 1 aliphatic heterocycles. The van der Waals surface area contributed by atoms with Gasteiger partial charge < -0.3 is 15.5 Å².